The van der Waals surface area contributed by atoms with E-state index in [1.807, 2.05) is 12.1 Å². The van der Waals surface area contributed by atoms with Crippen LogP contribution in [0.5, 0.6) is 0 Å². The minimum absolute atomic E-state index is 0.167. The Bertz CT molecular complexity index is 470. The van der Waals surface area contributed by atoms with Gasteiger partial charge < -0.3 is 4.90 Å². The second-order valence-electron chi connectivity index (χ2n) is 4.51. The molecule has 0 N–H and O–H groups in total. The van der Waals surface area contributed by atoms with Gasteiger partial charge in [0.15, 0.2) is 0 Å². The number of fused-ring (bicyclic) bond motifs is 2. The third-order valence-corrected chi connectivity index (χ3v) is 3.55. The zero-order chi connectivity index (χ0) is 11.1. The highest BCUT2D eigenvalue weighted by atomic mass is 19.1. The van der Waals surface area contributed by atoms with E-state index in [0.29, 0.717) is 6.04 Å². The summed E-state index contributed by atoms with van der Waals surface area (Å²) in [5, 5.41) is 0. The van der Waals surface area contributed by atoms with Crippen LogP contribution in [0.25, 0.3) is 5.57 Å². The van der Waals surface area contributed by atoms with Gasteiger partial charge in [-0.15, -0.1) is 0 Å². The lowest BCUT2D eigenvalue weighted by molar-refractivity contribution is 0.339. The summed E-state index contributed by atoms with van der Waals surface area (Å²) in [7, 11) is 2.14. The van der Waals surface area contributed by atoms with E-state index in [1.54, 1.807) is 0 Å². The molecule has 1 unspecified atom stereocenters. The van der Waals surface area contributed by atoms with Crippen molar-refractivity contribution in [2.24, 2.45) is 0 Å². The largest absolute Gasteiger partial charge is 0.371 e. The van der Waals surface area contributed by atoms with Crippen LogP contribution in [-0.2, 0) is 0 Å². The second kappa shape index (κ2) is 3.48. The van der Waals surface area contributed by atoms with Crippen molar-refractivity contribution in [1.82, 2.24) is 4.90 Å². The van der Waals surface area contributed by atoms with Crippen LogP contribution < -0.4 is 0 Å². The molecule has 2 heteroatoms. The molecule has 1 aromatic rings. The molecule has 0 saturated carbocycles. The molecule has 0 fully saturated rings. The molecule has 16 heavy (non-hydrogen) atoms. The van der Waals surface area contributed by atoms with Crippen molar-refractivity contribution in [2.75, 3.05) is 7.05 Å². The Morgan fingerprint density at radius 1 is 1.25 bits per heavy atom. The van der Waals surface area contributed by atoms with Gasteiger partial charge in [0.2, 0.25) is 0 Å². The van der Waals surface area contributed by atoms with Crippen molar-refractivity contribution in [3.05, 3.63) is 53.5 Å². The van der Waals surface area contributed by atoms with E-state index >= 15 is 0 Å². The molecule has 2 aliphatic heterocycles. The van der Waals surface area contributed by atoms with Crippen LogP contribution in [-0.4, -0.2) is 18.0 Å². The molecule has 1 atom stereocenters. The zero-order valence-electron chi connectivity index (χ0n) is 9.28. The van der Waals surface area contributed by atoms with Crippen molar-refractivity contribution < 1.29 is 4.39 Å². The molecule has 0 spiro atoms. The van der Waals surface area contributed by atoms with E-state index in [2.05, 4.69) is 24.1 Å². The van der Waals surface area contributed by atoms with Crippen LogP contribution in [0, 0.1) is 5.82 Å². The van der Waals surface area contributed by atoms with Crippen molar-refractivity contribution in [3.63, 3.8) is 0 Å². The van der Waals surface area contributed by atoms with Gasteiger partial charge >= 0.3 is 0 Å². The van der Waals surface area contributed by atoms with E-state index in [-0.39, 0.29) is 5.82 Å². The lowest BCUT2D eigenvalue weighted by Crippen LogP contribution is -2.28. The van der Waals surface area contributed by atoms with Gasteiger partial charge in [-0.25, -0.2) is 4.39 Å². The normalized spacial score (nSPS) is 23.1. The average molecular weight is 215 g/mol. The molecule has 0 radical (unpaired) electrons. The maximum atomic E-state index is 12.8. The highest BCUT2D eigenvalue weighted by Gasteiger charge is 2.27. The van der Waals surface area contributed by atoms with Crippen LogP contribution in [0.15, 0.2) is 42.1 Å². The SMILES string of the molecule is CN1C2=CCC1CC(c1ccc(F)cc1)=C2. The fourth-order valence-electron chi connectivity index (χ4n) is 2.51. The van der Waals surface area contributed by atoms with Crippen LogP contribution in [0.4, 0.5) is 4.39 Å². The Balaban J connectivity index is 1.95. The van der Waals surface area contributed by atoms with Crippen LogP contribution >= 0.6 is 0 Å². The van der Waals surface area contributed by atoms with Gasteiger partial charge in [0, 0.05) is 18.8 Å². The topological polar surface area (TPSA) is 3.24 Å². The van der Waals surface area contributed by atoms with Gasteiger partial charge in [0.05, 0.1) is 0 Å². The van der Waals surface area contributed by atoms with E-state index in [4.69, 9.17) is 0 Å². The number of allylic oxidation sites excluding steroid dienone is 1. The first kappa shape index (κ1) is 9.64. The summed E-state index contributed by atoms with van der Waals surface area (Å²) in [5.41, 5.74) is 3.77. The summed E-state index contributed by atoms with van der Waals surface area (Å²) < 4.78 is 12.8. The maximum absolute atomic E-state index is 12.8. The number of nitrogens with zero attached hydrogens (tertiary/aromatic N) is 1. The minimum Gasteiger partial charge on any atom is -0.371 e. The number of halogens is 1. The smallest absolute Gasteiger partial charge is 0.123 e. The highest BCUT2D eigenvalue weighted by molar-refractivity contribution is 5.70. The summed E-state index contributed by atoms with van der Waals surface area (Å²) in [5.74, 6) is -0.167. The van der Waals surface area contributed by atoms with Crippen LogP contribution in [0.2, 0.25) is 0 Å². The number of benzene rings is 1. The third-order valence-electron chi connectivity index (χ3n) is 3.55. The number of likely N-dealkylation sites (N-methyl/N-ethyl adjacent to an activating group) is 1. The molecule has 0 aromatic heterocycles. The fourth-order valence-corrected chi connectivity index (χ4v) is 2.51. The predicted octanol–water partition coefficient (Wildman–Crippen LogP) is 3.20. The fraction of sp³-hybridized carbons (Fsp3) is 0.286. The van der Waals surface area contributed by atoms with Gasteiger partial charge in [-0.2, -0.15) is 0 Å². The molecule has 2 aliphatic rings. The standard InChI is InChI=1S/C14H14FN/c1-16-13-6-7-14(16)9-11(8-13)10-2-4-12(15)5-3-10/h2-6,8,14H,7,9H2,1H3. The Labute approximate surface area is 94.9 Å². The molecule has 82 valence electrons. The minimum atomic E-state index is -0.167. The number of rotatable bonds is 1. The zero-order valence-corrected chi connectivity index (χ0v) is 9.28. The summed E-state index contributed by atoms with van der Waals surface area (Å²) >= 11 is 0. The number of hydrogen-bond acceptors (Lipinski definition) is 1. The molecule has 3 rings (SSSR count). The van der Waals surface area contributed by atoms with E-state index in [1.165, 1.54) is 23.4 Å². The van der Waals surface area contributed by atoms with Crippen molar-refractivity contribution in [1.29, 1.82) is 0 Å². The highest BCUT2D eigenvalue weighted by Crippen LogP contribution is 2.36. The van der Waals surface area contributed by atoms with E-state index < -0.39 is 0 Å². The van der Waals surface area contributed by atoms with Crippen LogP contribution in [0.3, 0.4) is 0 Å². The molecule has 1 nitrogen and oxygen atoms in total. The predicted molar refractivity (Wildman–Crippen MR) is 63.2 cm³/mol. The van der Waals surface area contributed by atoms with Gasteiger partial charge in [0.1, 0.15) is 5.82 Å². The van der Waals surface area contributed by atoms with E-state index in [0.717, 1.165) is 18.4 Å². The molecule has 0 amide bonds. The Hall–Kier alpha value is -1.57. The monoisotopic (exact) mass is 215 g/mol. The maximum Gasteiger partial charge on any atom is 0.123 e. The average Bonchev–Trinajstić information content (AvgIpc) is 2.54. The molecule has 1 aromatic carbocycles. The lowest BCUT2D eigenvalue weighted by atomic mass is 9.95. The summed E-state index contributed by atoms with van der Waals surface area (Å²) in [6, 6.07) is 7.40. The molecular formula is C14H14FN. The van der Waals surface area contributed by atoms with Gasteiger partial charge in [-0.05, 0) is 42.2 Å². The van der Waals surface area contributed by atoms with Crippen molar-refractivity contribution in [2.45, 2.75) is 18.9 Å². The Morgan fingerprint density at radius 2 is 2.00 bits per heavy atom. The second-order valence-corrected chi connectivity index (χ2v) is 4.51. The molecule has 2 bridgehead atoms. The first-order valence-electron chi connectivity index (χ1n) is 5.63. The molecular weight excluding hydrogens is 201 g/mol. The number of hydrogen-bond donors (Lipinski definition) is 0. The van der Waals surface area contributed by atoms with Gasteiger partial charge in [-0.3, -0.25) is 0 Å². The van der Waals surface area contributed by atoms with Crippen molar-refractivity contribution >= 4 is 5.57 Å². The molecule has 2 heterocycles. The quantitative estimate of drug-likeness (QED) is 0.695. The molecule has 0 aliphatic carbocycles. The van der Waals surface area contributed by atoms with Gasteiger partial charge in [-0.1, -0.05) is 18.2 Å². The summed E-state index contributed by atoms with van der Waals surface area (Å²) in [6.07, 6.45) is 6.69. The first-order chi connectivity index (χ1) is 7.74. The summed E-state index contributed by atoms with van der Waals surface area (Å²) in [6.45, 7) is 0. The first-order valence-corrected chi connectivity index (χ1v) is 5.63. The van der Waals surface area contributed by atoms with Crippen molar-refractivity contribution in [3.8, 4) is 0 Å². The Kier molecular flexibility index (Phi) is 2.10. The lowest BCUT2D eigenvalue weighted by Gasteiger charge is -2.30. The van der Waals surface area contributed by atoms with Gasteiger partial charge in [0.25, 0.3) is 0 Å². The van der Waals surface area contributed by atoms with Crippen LogP contribution in [0.1, 0.15) is 18.4 Å². The Morgan fingerprint density at radius 3 is 2.69 bits per heavy atom. The van der Waals surface area contributed by atoms with E-state index in [9.17, 15) is 4.39 Å². The summed E-state index contributed by atoms with van der Waals surface area (Å²) in [4.78, 5) is 2.33. The molecule has 0 saturated heterocycles. The third kappa shape index (κ3) is 1.45.